The second-order valence-corrected chi connectivity index (χ2v) is 7.50. The fourth-order valence-electron chi connectivity index (χ4n) is 4.18. The summed E-state index contributed by atoms with van der Waals surface area (Å²) >= 11 is 0. The number of pyridine rings is 1. The van der Waals surface area contributed by atoms with Crippen molar-refractivity contribution < 1.29 is 13.9 Å². The second kappa shape index (κ2) is 7.87. The van der Waals surface area contributed by atoms with Crippen LogP contribution in [0.1, 0.15) is 36.9 Å². The number of tetrazole rings is 1. The monoisotopic (exact) mass is 395 g/mol. The molecule has 1 aliphatic heterocycles. The lowest BCUT2D eigenvalue weighted by molar-refractivity contribution is 0.138. The topological polar surface area (TPSA) is 85.8 Å². The number of hydrogen-bond donors (Lipinski definition) is 1. The molecule has 5 rings (SSSR count). The van der Waals surface area contributed by atoms with Crippen LogP contribution in [-0.2, 0) is 17.6 Å². The van der Waals surface area contributed by atoms with Crippen LogP contribution in [-0.4, -0.2) is 44.9 Å². The standard InChI is InChI=1S/C21H22FN5O2/c22-14-6-4-5-13(11-14)18-16-7-2-1-3-8-17(16)23-21(29-15-9-10-28-12-15)19(18)20-24-26-27-25-20/h4-6,11,15H,1-3,7-10,12H2,(H,24,25,26,27)/t15-/m0/s1. The molecule has 1 N–H and O–H groups in total. The summed E-state index contributed by atoms with van der Waals surface area (Å²) < 4.78 is 25.9. The Hall–Kier alpha value is -2.87. The summed E-state index contributed by atoms with van der Waals surface area (Å²) in [5, 5.41) is 14.7. The minimum Gasteiger partial charge on any atom is -0.471 e. The van der Waals surface area contributed by atoms with Crippen molar-refractivity contribution >= 4 is 0 Å². The van der Waals surface area contributed by atoms with E-state index in [0.29, 0.717) is 30.5 Å². The van der Waals surface area contributed by atoms with E-state index in [9.17, 15) is 4.39 Å². The number of nitrogens with zero attached hydrogens (tertiary/aromatic N) is 4. The molecule has 2 aliphatic rings. The van der Waals surface area contributed by atoms with Crippen molar-refractivity contribution in [3.8, 4) is 28.4 Å². The van der Waals surface area contributed by atoms with E-state index in [4.69, 9.17) is 14.5 Å². The third kappa shape index (κ3) is 3.60. The smallest absolute Gasteiger partial charge is 0.226 e. The third-order valence-corrected chi connectivity index (χ3v) is 5.54. The molecule has 2 aromatic heterocycles. The number of aromatic amines is 1. The Balaban J connectivity index is 1.76. The van der Waals surface area contributed by atoms with E-state index in [1.165, 1.54) is 6.07 Å². The first-order chi connectivity index (χ1) is 14.3. The second-order valence-electron chi connectivity index (χ2n) is 7.50. The molecule has 3 heterocycles. The van der Waals surface area contributed by atoms with Gasteiger partial charge in [-0.15, -0.1) is 10.2 Å². The minimum absolute atomic E-state index is 0.0719. The number of hydrogen-bond acceptors (Lipinski definition) is 6. The van der Waals surface area contributed by atoms with Crippen LogP contribution in [0.25, 0.3) is 22.5 Å². The van der Waals surface area contributed by atoms with Crippen molar-refractivity contribution in [3.05, 3.63) is 41.3 Å². The van der Waals surface area contributed by atoms with Gasteiger partial charge in [-0.05, 0) is 54.2 Å². The maximum Gasteiger partial charge on any atom is 0.226 e. The van der Waals surface area contributed by atoms with Gasteiger partial charge in [-0.1, -0.05) is 18.6 Å². The van der Waals surface area contributed by atoms with E-state index >= 15 is 0 Å². The molecular weight excluding hydrogens is 373 g/mol. The number of benzene rings is 1. The van der Waals surface area contributed by atoms with Crippen molar-refractivity contribution in [1.29, 1.82) is 0 Å². The summed E-state index contributed by atoms with van der Waals surface area (Å²) in [6, 6.07) is 6.63. The Morgan fingerprint density at radius 2 is 2.07 bits per heavy atom. The van der Waals surface area contributed by atoms with Crippen molar-refractivity contribution in [2.45, 2.75) is 44.6 Å². The van der Waals surface area contributed by atoms with Gasteiger partial charge in [0.05, 0.1) is 18.8 Å². The van der Waals surface area contributed by atoms with Gasteiger partial charge in [0.25, 0.3) is 0 Å². The lowest BCUT2D eigenvalue weighted by atomic mass is 9.91. The highest BCUT2D eigenvalue weighted by Crippen LogP contribution is 2.42. The number of aromatic nitrogens is 5. The van der Waals surface area contributed by atoms with Gasteiger partial charge in [0.1, 0.15) is 11.9 Å². The molecule has 0 bridgehead atoms. The number of ether oxygens (including phenoxy) is 2. The molecule has 0 amide bonds. The fourth-order valence-corrected chi connectivity index (χ4v) is 4.18. The van der Waals surface area contributed by atoms with Crippen LogP contribution in [0.4, 0.5) is 4.39 Å². The van der Waals surface area contributed by atoms with Crippen molar-refractivity contribution in [3.63, 3.8) is 0 Å². The van der Waals surface area contributed by atoms with E-state index in [1.54, 1.807) is 12.1 Å². The van der Waals surface area contributed by atoms with Gasteiger partial charge in [-0.2, -0.15) is 5.21 Å². The van der Waals surface area contributed by atoms with Crippen LogP contribution >= 0.6 is 0 Å². The lowest BCUT2D eigenvalue weighted by Gasteiger charge is -2.21. The summed E-state index contributed by atoms with van der Waals surface area (Å²) in [6.45, 7) is 1.20. The Bertz CT molecular complexity index is 1000. The molecule has 1 fully saturated rings. The molecule has 1 saturated heterocycles. The largest absolute Gasteiger partial charge is 0.471 e. The summed E-state index contributed by atoms with van der Waals surface area (Å²) in [5.74, 6) is 0.590. The summed E-state index contributed by atoms with van der Waals surface area (Å²) in [7, 11) is 0. The van der Waals surface area contributed by atoms with Gasteiger partial charge in [-0.3, -0.25) is 0 Å². The van der Waals surface area contributed by atoms with E-state index in [0.717, 1.165) is 60.9 Å². The molecule has 1 atom stereocenters. The fraction of sp³-hybridized carbons (Fsp3) is 0.429. The number of nitrogens with one attached hydrogen (secondary N) is 1. The van der Waals surface area contributed by atoms with E-state index in [-0.39, 0.29) is 11.9 Å². The Labute approximate surface area is 167 Å². The van der Waals surface area contributed by atoms with Crippen LogP contribution in [0.15, 0.2) is 24.3 Å². The molecule has 150 valence electrons. The molecular formula is C21H22FN5O2. The van der Waals surface area contributed by atoms with Gasteiger partial charge in [0, 0.05) is 17.7 Å². The molecule has 29 heavy (non-hydrogen) atoms. The summed E-state index contributed by atoms with van der Waals surface area (Å²) in [6.07, 6.45) is 5.78. The van der Waals surface area contributed by atoms with Gasteiger partial charge in [0.2, 0.25) is 11.7 Å². The zero-order valence-electron chi connectivity index (χ0n) is 16.0. The minimum atomic E-state index is -0.285. The number of rotatable bonds is 4. The first kappa shape index (κ1) is 18.2. The zero-order chi connectivity index (χ0) is 19.6. The third-order valence-electron chi connectivity index (χ3n) is 5.54. The predicted molar refractivity (Wildman–Crippen MR) is 104 cm³/mol. The van der Waals surface area contributed by atoms with Crippen LogP contribution in [0.2, 0.25) is 0 Å². The van der Waals surface area contributed by atoms with Gasteiger partial charge in [-0.25, -0.2) is 9.37 Å². The van der Waals surface area contributed by atoms with E-state index in [2.05, 4.69) is 20.6 Å². The number of halogens is 1. The van der Waals surface area contributed by atoms with Gasteiger partial charge in [0.15, 0.2) is 0 Å². The highest BCUT2D eigenvalue weighted by molar-refractivity contribution is 5.86. The van der Waals surface area contributed by atoms with E-state index < -0.39 is 0 Å². The normalized spacial score (nSPS) is 19.0. The molecule has 8 heteroatoms. The first-order valence-corrected chi connectivity index (χ1v) is 10.1. The SMILES string of the molecule is Fc1cccc(-c2c3c(nc(O[C@H]4CCOC4)c2-c2nn[nH]n2)CCCCC3)c1. The summed E-state index contributed by atoms with van der Waals surface area (Å²) in [5.41, 5.74) is 4.48. The van der Waals surface area contributed by atoms with Crippen molar-refractivity contribution in [1.82, 2.24) is 25.6 Å². The molecule has 0 saturated carbocycles. The predicted octanol–water partition coefficient (Wildman–Crippen LogP) is 3.50. The van der Waals surface area contributed by atoms with Crippen LogP contribution in [0.3, 0.4) is 0 Å². The first-order valence-electron chi connectivity index (χ1n) is 10.1. The maximum atomic E-state index is 14.2. The van der Waals surface area contributed by atoms with Crippen molar-refractivity contribution in [2.24, 2.45) is 0 Å². The number of H-pyrrole nitrogens is 1. The lowest BCUT2D eigenvalue weighted by Crippen LogP contribution is -2.18. The quantitative estimate of drug-likeness (QED) is 0.681. The van der Waals surface area contributed by atoms with Crippen LogP contribution < -0.4 is 4.74 Å². The maximum absolute atomic E-state index is 14.2. The summed E-state index contributed by atoms with van der Waals surface area (Å²) in [4.78, 5) is 4.91. The number of aryl methyl sites for hydroxylation is 1. The van der Waals surface area contributed by atoms with Gasteiger partial charge < -0.3 is 9.47 Å². The zero-order valence-corrected chi connectivity index (χ0v) is 16.0. The highest BCUT2D eigenvalue weighted by atomic mass is 19.1. The van der Waals surface area contributed by atoms with Crippen molar-refractivity contribution in [2.75, 3.05) is 13.2 Å². The van der Waals surface area contributed by atoms with Crippen LogP contribution in [0, 0.1) is 5.82 Å². The highest BCUT2D eigenvalue weighted by Gasteiger charge is 2.29. The molecule has 0 spiro atoms. The molecule has 0 radical (unpaired) electrons. The molecule has 1 aromatic carbocycles. The Morgan fingerprint density at radius 1 is 1.14 bits per heavy atom. The van der Waals surface area contributed by atoms with E-state index in [1.807, 2.05) is 6.07 Å². The van der Waals surface area contributed by atoms with Crippen LogP contribution in [0.5, 0.6) is 5.88 Å². The average Bonchev–Trinajstić information content (AvgIpc) is 3.38. The Morgan fingerprint density at radius 3 is 2.86 bits per heavy atom. The molecule has 0 unspecified atom stereocenters. The van der Waals surface area contributed by atoms with Gasteiger partial charge >= 0.3 is 0 Å². The Kier molecular flexibility index (Phi) is 4.93. The number of fused-ring (bicyclic) bond motifs is 1. The molecule has 1 aliphatic carbocycles. The average molecular weight is 395 g/mol. The molecule has 3 aromatic rings. The molecule has 7 nitrogen and oxygen atoms in total.